The van der Waals surface area contributed by atoms with Crippen LogP contribution in [0, 0.1) is 0 Å². The highest BCUT2D eigenvalue weighted by Gasteiger charge is 2.34. The predicted molar refractivity (Wildman–Crippen MR) is 72.5 cm³/mol. The van der Waals surface area contributed by atoms with Gasteiger partial charge in [0.15, 0.2) is 0 Å². The van der Waals surface area contributed by atoms with Crippen LogP contribution in [0.3, 0.4) is 0 Å². The van der Waals surface area contributed by atoms with Gasteiger partial charge >= 0.3 is 0 Å². The van der Waals surface area contributed by atoms with E-state index in [1.165, 1.54) is 0 Å². The lowest BCUT2D eigenvalue weighted by atomic mass is 9.94. The number of methoxy groups -OCH3 is 2. The van der Waals surface area contributed by atoms with Gasteiger partial charge in [0.2, 0.25) is 5.91 Å². The molecule has 1 fully saturated rings. The zero-order valence-corrected chi connectivity index (χ0v) is 11.6. The van der Waals surface area contributed by atoms with Crippen molar-refractivity contribution in [2.75, 3.05) is 27.3 Å². The summed E-state index contributed by atoms with van der Waals surface area (Å²) in [6, 6.07) is 5.64. The van der Waals surface area contributed by atoms with E-state index in [0.717, 1.165) is 17.1 Å². The van der Waals surface area contributed by atoms with Gasteiger partial charge < -0.3 is 20.1 Å². The van der Waals surface area contributed by atoms with Crippen LogP contribution in [0.25, 0.3) is 0 Å². The lowest BCUT2D eigenvalue weighted by molar-refractivity contribution is -0.127. The molecule has 1 aromatic rings. The van der Waals surface area contributed by atoms with Crippen LogP contribution in [0.1, 0.15) is 18.4 Å². The summed E-state index contributed by atoms with van der Waals surface area (Å²) in [5, 5.41) is 0. The quantitative estimate of drug-likeness (QED) is 0.883. The number of rotatable bonds is 3. The van der Waals surface area contributed by atoms with Gasteiger partial charge in [-0.3, -0.25) is 4.79 Å². The van der Waals surface area contributed by atoms with Gasteiger partial charge in [-0.15, -0.1) is 0 Å². The molecule has 1 aromatic carbocycles. The topological polar surface area (TPSA) is 64.8 Å². The van der Waals surface area contributed by atoms with E-state index in [-0.39, 0.29) is 17.9 Å². The fraction of sp³-hybridized carbons (Fsp3) is 0.500. The molecule has 0 saturated carbocycles. The molecule has 0 bridgehead atoms. The van der Waals surface area contributed by atoms with Gasteiger partial charge in [-0.2, -0.15) is 0 Å². The van der Waals surface area contributed by atoms with Crippen LogP contribution >= 0.6 is 0 Å². The van der Waals surface area contributed by atoms with Crippen molar-refractivity contribution in [2.24, 2.45) is 5.73 Å². The molecule has 0 aromatic heterocycles. The molecule has 2 N–H and O–H groups in total. The summed E-state index contributed by atoms with van der Waals surface area (Å²) >= 11 is 0. The minimum Gasteiger partial charge on any atom is -0.497 e. The first-order valence-corrected chi connectivity index (χ1v) is 6.29. The van der Waals surface area contributed by atoms with Crippen LogP contribution in [0.2, 0.25) is 0 Å². The number of carbonyl (C=O) groups is 1. The third-order valence-electron chi connectivity index (χ3n) is 3.65. The van der Waals surface area contributed by atoms with Crippen molar-refractivity contribution in [1.29, 1.82) is 0 Å². The summed E-state index contributed by atoms with van der Waals surface area (Å²) in [5.41, 5.74) is 7.18. The second-order valence-corrected chi connectivity index (χ2v) is 4.80. The molecule has 104 valence electrons. The number of ether oxygens (including phenoxy) is 2. The average molecular weight is 264 g/mol. The van der Waals surface area contributed by atoms with Gasteiger partial charge in [-0.05, 0) is 6.07 Å². The summed E-state index contributed by atoms with van der Waals surface area (Å²) in [5.74, 6) is 1.66. The minimum atomic E-state index is -0.0637. The van der Waals surface area contributed by atoms with Crippen molar-refractivity contribution in [3.05, 3.63) is 23.8 Å². The Kier molecular flexibility index (Phi) is 3.95. The van der Waals surface area contributed by atoms with Crippen LogP contribution in [0.4, 0.5) is 0 Å². The molecule has 5 heteroatoms. The molecule has 1 aliphatic heterocycles. The Hall–Kier alpha value is -1.75. The molecule has 2 atom stereocenters. The van der Waals surface area contributed by atoms with Crippen molar-refractivity contribution >= 4 is 5.91 Å². The zero-order valence-electron chi connectivity index (χ0n) is 11.6. The van der Waals surface area contributed by atoms with Gasteiger partial charge in [0.1, 0.15) is 11.5 Å². The third-order valence-corrected chi connectivity index (χ3v) is 3.65. The second kappa shape index (κ2) is 5.48. The van der Waals surface area contributed by atoms with E-state index >= 15 is 0 Å². The Morgan fingerprint density at radius 2 is 2.05 bits per heavy atom. The maximum Gasteiger partial charge on any atom is 0.219 e. The maximum absolute atomic E-state index is 11.4. The first-order valence-electron chi connectivity index (χ1n) is 6.29. The van der Waals surface area contributed by atoms with E-state index in [9.17, 15) is 4.79 Å². The van der Waals surface area contributed by atoms with Crippen LogP contribution in [-0.2, 0) is 4.79 Å². The van der Waals surface area contributed by atoms with Crippen molar-refractivity contribution in [2.45, 2.75) is 18.9 Å². The monoisotopic (exact) mass is 264 g/mol. The van der Waals surface area contributed by atoms with Gasteiger partial charge in [-0.1, -0.05) is 6.07 Å². The number of carbonyl (C=O) groups excluding carboxylic acids is 1. The molecule has 1 saturated heterocycles. The minimum absolute atomic E-state index is 0.0606. The standard InChI is InChI=1S/C14H20N2O3/c1-9(17)16-7-12(13(15)8-16)11-5-4-10(18-2)6-14(11)19-3/h4-6,12-13H,7-8,15H2,1-3H3. The molecule has 0 aliphatic carbocycles. The highest BCUT2D eigenvalue weighted by atomic mass is 16.5. The van der Waals surface area contributed by atoms with E-state index in [4.69, 9.17) is 15.2 Å². The summed E-state index contributed by atoms with van der Waals surface area (Å²) in [6.45, 7) is 2.80. The first-order chi connectivity index (χ1) is 9.06. The molecule has 2 unspecified atom stereocenters. The van der Waals surface area contributed by atoms with E-state index < -0.39 is 0 Å². The predicted octanol–water partition coefficient (Wildman–Crippen LogP) is 0.977. The second-order valence-electron chi connectivity index (χ2n) is 4.80. The molecule has 0 radical (unpaired) electrons. The van der Waals surface area contributed by atoms with Crippen molar-refractivity contribution < 1.29 is 14.3 Å². The Morgan fingerprint density at radius 3 is 2.58 bits per heavy atom. The number of nitrogens with zero attached hydrogens (tertiary/aromatic N) is 1. The number of hydrogen-bond donors (Lipinski definition) is 1. The molecule has 1 amide bonds. The largest absolute Gasteiger partial charge is 0.497 e. The lowest BCUT2D eigenvalue weighted by Crippen LogP contribution is -2.30. The number of amides is 1. The van der Waals surface area contributed by atoms with Crippen molar-refractivity contribution in [3.8, 4) is 11.5 Å². The fourth-order valence-electron chi connectivity index (χ4n) is 2.54. The third kappa shape index (κ3) is 2.66. The lowest BCUT2D eigenvalue weighted by Gasteiger charge is -2.18. The van der Waals surface area contributed by atoms with Gasteiger partial charge in [-0.25, -0.2) is 0 Å². The zero-order chi connectivity index (χ0) is 14.0. The Morgan fingerprint density at radius 1 is 1.32 bits per heavy atom. The van der Waals surface area contributed by atoms with Crippen molar-refractivity contribution in [1.82, 2.24) is 4.90 Å². The Balaban J connectivity index is 2.29. The smallest absolute Gasteiger partial charge is 0.219 e. The summed E-state index contributed by atoms with van der Waals surface area (Å²) in [4.78, 5) is 13.2. The Labute approximate surface area is 113 Å². The van der Waals surface area contributed by atoms with Crippen LogP contribution in [0.15, 0.2) is 18.2 Å². The molecular weight excluding hydrogens is 244 g/mol. The first kappa shape index (κ1) is 13.7. The van der Waals surface area contributed by atoms with Crippen LogP contribution < -0.4 is 15.2 Å². The maximum atomic E-state index is 11.4. The highest BCUT2D eigenvalue weighted by molar-refractivity contribution is 5.74. The number of likely N-dealkylation sites (tertiary alicyclic amines) is 1. The Bertz CT molecular complexity index is 476. The molecular formula is C14H20N2O3. The van der Waals surface area contributed by atoms with Gasteiger partial charge in [0.05, 0.1) is 14.2 Å². The molecule has 2 rings (SSSR count). The highest BCUT2D eigenvalue weighted by Crippen LogP contribution is 2.35. The SMILES string of the molecule is COc1ccc(C2CN(C(C)=O)CC2N)c(OC)c1. The van der Waals surface area contributed by atoms with E-state index in [2.05, 4.69) is 0 Å². The van der Waals surface area contributed by atoms with Crippen LogP contribution in [-0.4, -0.2) is 44.2 Å². The number of hydrogen-bond acceptors (Lipinski definition) is 4. The average Bonchev–Trinajstić information content (AvgIpc) is 2.80. The van der Waals surface area contributed by atoms with E-state index in [1.54, 1.807) is 26.0 Å². The summed E-state index contributed by atoms with van der Waals surface area (Å²) < 4.78 is 10.6. The number of benzene rings is 1. The summed E-state index contributed by atoms with van der Waals surface area (Å²) in [7, 11) is 3.24. The molecule has 19 heavy (non-hydrogen) atoms. The van der Waals surface area contributed by atoms with Gasteiger partial charge in [0, 0.05) is 43.6 Å². The summed E-state index contributed by atoms with van der Waals surface area (Å²) in [6.07, 6.45) is 0. The molecule has 5 nitrogen and oxygen atoms in total. The fourth-order valence-corrected chi connectivity index (χ4v) is 2.54. The molecule has 0 spiro atoms. The normalized spacial score (nSPS) is 22.4. The van der Waals surface area contributed by atoms with E-state index in [1.807, 2.05) is 18.2 Å². The molecule has 1 heterocycles. The van der Waals surface area contributed by atoms with E-state index in [0.29, 0.717) is 13.1 Å². The number of nitrogens with two attached hydrogens (primary N) is 1. The molecule has 1 aliphatic rings. The van der Waals surface area contributed by atoms with Crippen LogP contribution in [0.5, 0.6) is 11.5 Å². The van der Waals surface area contributed by atoms with Gasteiger partial charge in [0.25, 0.3) is 0 Å². The van der Waals surface area contributed by atoms with Crippen molar-refractivity contribution in [3.63, 3.8) is 0 Å².